The normalized spacial score (nSPS) is 13.5. The maximum Gasteiger partial charge on any atom is 0.178 e. The molecule has 0 aliphatic carbocycles. The lowest BCUT2D eigenvalue weighted by Crippen LogP contribution is -2.10. The predicted molar refractivity (Wildman–Crippen MR) is 67.9 cm³/mol. The van der Waals surface area contributed by atoms with Gasteiger partial charge in [-0.15, -0.1) is 0 Å². The zero-order valence-electron chi connectivity index (χ0n) is 11.0. The molecule has 94 valence electrons. The Kier molecular flexibility index (Phi) is 4.40. The summed E-state index contributed by atoms with van der Waals surface area (Å²) >= 11 is 0. The topological polar surface area (TPSA) is 50.2 Å². The van der Waals surface area contributed by atoms with Gasteiger partial charge in [0.2, 0.25) is 0 Å². The molecule has 0 aromatic carbocycles. The van der Waals surface area contributed by atoms with Gasteiger partial charge in [0.1, 0.15) is 5.69 Å². The zero-order valence-corrected chi connectivity index (χ0v) is 11.0. The van der Waals surface area contributed by atoms with Crippen LogP contribution in [-0.4, -0.2) is 15.9 Å². The second kappa shape index (κ2) is 5.41. The van der Waals surface area contributed by atoms with Crippen LogP contribution >= 0.6 is 0 Å². The van der Waals surface area contributed by atoms with Crippen LogP contribution in [0, 0.1) is 5.41 Å². The van der Waals surface area contributed by atoms with E-state index < -0.39 is 6.10 Å². The fourth-order valence-corrected chi connectivity index (χ4v) is 1.55. The van der Waals surface area contributed by atoms with E-state index in [1.807, 2.05) is 0 Å². The molecular weight excluding hydrogens is 214 g/mol. The largest absolute Gasteiger partial charge is 0.387 e. The van der Waals surface area contributed by atoms with Crippen molar-refractivity contribution in [3.63, 3.8) is 0 Å². The maximum atomic E-state index is 11.2. The van der Waals surface area contributed by atoms with Gasteiger partial charge >= 0.3 is 0 Å². The van der Waals surface area contributed by atoms with E-state index in [1.165, 1.54) is 6.92 Å². The number of carbonyl (C=O) groups excluding carboxylic acids is 1. The molecule has 3 heteroatoms. The molecule has 0 radical (unpaired) electrons. The number of rotatable bonds is 4. The highest BCUT2D eigenvalue weighted by Gasteiger charge is 2.16. The van der Waals surface area contributed by atoms with Crippen LogP contribution in [0.2, 0.25) is 0 Å². The van der Waals surface area contributed by atoms with Gasteiger partial charge in [0, 0.05) is 6.92 Å². The van der Waals surface area contributed by atoms with Gasteiger partial charge in [-0.1, -0.05) is 26.8 Å². The van der Waals surface area contributed by atoms with E-state index in [1.54, 1.807) is 18.2 Å². The molecule has 0 saturated heterocycles. The van der Waals surface area contributed by atoms with Crippen LogP contribution in [0.5, 0.6) is 0 Å². The minimum atomic E-state index is -0.589. The Hall–Kier alpha value is -1.22. The lowest BCUT2D eigenvalue weighted by atomic mass is 9.89. The first-order valence-corrected chi connectivity index (χ1v) is 5.95. The molecule has 0 aliphatic rings. The summed E-state index contributed by atoms with van der Waals surface area (Å²) < 4.78 is 0. The lowest BCUT2D eigenvalue weighted by molar-refractivity contribution is 0.101. The van der Waals surface area contributed by atoms with Gasteiger partial charge in [0.15, 0.2) is 5.78 Å². The van der Waals surface area contributed by atoms with E-state index in [2.05, 4.69) is 25.8 Å². The molecule has 1 N–H and O–H groups in total. The number of hydrogen-bond donors (Lipinski definition) is 1. The molecule has 1 aromatic rings. The molecule has 0 saturated carbocycles. The molecule has 0 aliphatic heterocycles. The molecule has 17 heavy (non-hydrogen) atoms. The van der Waals surface area contributed by atoms with Crippen molar-refractivity contribution in [3.05, 3.63) is 29.6 Å². The third-order valence-electron chi connectivity index (χ3n) is 2.64. The average molecular weight is 235 g/mol. The monoisotopic (exact) mass is 235 g/mol. The van der Waals surface area contributed by atoms with Crippen LogP contribution in [0.25, 0.3) is 0 Å². The standard InChI is InChI=1S/C14H21NO2/c1-10(16)11-6-5-7-12(15-11)13(17)8-9-14(2,3)4/h5-7,13,17H,8-9H2,1-4H3/t13-/m0/s1. The third kappa shape index (κ3) is 4.65. The van der Waals surface area contributed by atoms with E-state index in [9.17, 15) is 9.90 Å². The summed E-state index contributed by atoms with van der Waals surface area (Å²) in [4.78, 5) is 15.4. The Morgan fingerprint density at radius 1 is 1.41 bits per heavy atom. The van der Waals surface area contributed by atoms with Crippen molar-refractivity contribution in [2.75, 3.05) is 0 Å². The quantitative estimate of drug-likeness (QED) is 0.816. The Labute approximate surface area is 103 Å². The Morgan fingerprint density at radius 3 is 2.59 bits per heavy atom. The first-order valence-electron chi connectivity index (χ1n) is 5.95. The van der Waals surface area contributed by atoms with Gasteiger partial charge in [-0.2, -0.15) is 0 Å². The van der Waals surface area contributed by atoms with E-state index in [4.69, 9.17) is 0 Å². The summed E-state index contributed by atoms with van der Waals surface area (Å²) in [5.41, 5.74) is 1.19. The number of aromatic nitrogens is 1. The number of carbonyl (C=O) groups is 1. The summed E-state index contributed by atoms with van der Waals surface area (Å²) in [5.74, 6) is -0.0742. The van der Waals surface area contributed by atoms with Gasteiger partial charge in [-0.3, -0.25) is 4.79 Å². The van der Waals surface area contributed by atoms with Crippen molar-refractivity contribution in [3.8, 4) is 0 Å². The Balaban J connectivity index is 2.72. The van der Waals surface area contributed by atoms with Crippen LogP contribution < -0.4 is 0 Å². The molecule has 1 rings (SSSR count). The first-order chi connectivity index (χ1) is 7.79. The van der Waals surface area contributed by atoms with Crippen LogP contribution in [0.4, 0.5) is 0 Å². The van der Waals surface area contributed by atoms with Crippen molar-refractivity contribution in [2.24, 2.45) is 5.41 Å². The summed E-state index contributed by atoms with van der Waals surface area (Å²) in [6.07, 6.45) is 0.992. The number of pyridine rings is 1. The molecule has 1 heterocycles. The molecule has 1 aromatic heterocycles. The third-order valence-corrected chi connectivity index (χ3v) is 2.64. The molecule has 1 atom stereocenters. The second-order valence-corrected chi connectivity index (χ2v) is 5.62. The molecule has 3 nitrogen and oxygen atoms in total. The summed E-state index contributed by atoms with van der Waals surface area (Å²) in [7, 11) is 0. The highest BCUT2D eigenvalue weighted by Crippen LogP contribution is 2.26. The second-order valence-electron chi connectivity index (χ2n) is 5.62. The van der Waals surface area contributed by atoms with Crippen molar-refractivity contribution in [1.29, 1.82) is 0 Å². The van der Waals surface area contributed by atoms with Gasteiger partial charge in [-0.25, -0.2) is 4.98 Å². The summed E-state index contributed by atoms with van der Waals surface area (Å²) in [6, 6.07) is 5.20. The van der Waals surface area contributed by atoms with Gasteiger partial charge in [0.05, 0.1) is 11.8 Å². The fraction of sp³-hybridized carbons (Fsp3) is 0.571. The van der Waals surface area contributed by atoms with Gasteiger partial charge in [0.25, 0.3) is 0 Å². The molecule has 0 unspecified atom stereocenters. The van der Waals surface area contributed by atoms with E-state index in [0.29, 0.717) is 17.8 Å². The minimum absolute atomic E-state index is 0.0742. The average Bonchev–Trinajstić information content (AvgIpc) is 2.25. The van der Waals surface area contributed by atoms with Crippen LogP contribution in [-0.2, 0) is 0 Å². The molecule has 0 bridgehead atoms. The van der Waals surface area contributed by atoms with Gasteiger partial charge < -0.3 is 5.11 Å². The first kappa shape index (κ1) is 13.8. The Bertz CT molecular complexity index is 393. The number of nitrogens with zero attached hydrogens (tertiary/aromatic N) is 1. The van der Waals surface area contributed by atoms with Crippen molar-refractivity contribution >= 4 is 5.78 Å². The van der Waals surface area contributed by atoms with Crippen LogP contribution in [0.1, 0.15) is 62.8 Å². The number of aliphatic hydroxyl groups is 1. The van der Waals surface area contributed by atoms with Crippen molar-refractivity contribution in [1.82, 2.24) is 4.98 Å². The molecule has 0 amide bonds. The predicted octanol–water partition coefficient (Wildman–Crippen LogP) is 3.14. The number of hydrogen-bond acceptors (Lipinski definition) is 3. The summed E-state index contributed by atoms with van der Waals surface area (Å²) in [6.45, 7) is 7.89. The SMILES string of the molecule is CC(=O)c1cccc([C@@H](O)CCC(C)(C)C)n1. The molecule has 0 spiro atoms. The fourth-order valence-electron chi connectivity index (χ4n) is 1.55. The maximum absolute atomic E-state index is 11.2. The highest BCUT2D eigenvalue weighted by atomic mass is 16.3. The van der Waals surface area contributed by atoms with E-state index in [0.717, 1.165) is 6.42 Å². The Morgan fingerprint density at radius 2 is 2.06 bits per heavy atom. The minimum Gasteiger partial charge on any atom is -0.387 e. The highest BCUT2D eigenvalue weighted by molar-refractivity contribution is 5.92. The number of aliphatic hydroxyl groups excluding tert-OH is 1. The smallest absolute Gasteiger partial charge is 0.178 e. The molecule has 0 fully saturated rings. The van der Waals surface area contributed by atoms with Crippen LogP contribution in [0.3, 0.4) is 0 Å². The number of ketones is 1. The van der Waals surface area contributed by atoms with Crippen molar-refractivity contribution < 1.29 is 9.90 Å². The van der Waals surface area contributed by atoms with E-state index >= 15 is 0 Å². The van der Waals surface area contributed by atoms with Gasteiger partial charge in [-0.05, 0) is 30.4 Å². The summed E-state index contributed by atoms with van der Waals surface area (Å²) in [5, 5.41) is 10.0. The van der Waals surface area contributed by atoms with Crippen molar-refractivity contribution in [2.45, 2.75) is 46.6 Å². The van der Waals surface area contributed by atoms with Crippen LogP contribution in [0.15, 0.2) is 18.2 Å². The number of Topliss-reactive ketones (excluding diaryl/α,β-unsaturated/α-hetero) is 1. The molecular formula is C14H21NO2. The van der Waals surface area contributed by atoms with E-state index in [-0.39, 0.29) is 11.2 Å². The lowest BCUT2D eigenvalue weighted by Gasteiger charge is -2.20. The zero-order chi connectivity index (χ0) is 13.1.